The highest BCUT2D eigenvalue weighted by atomic mass is 16.5. The van der Waals surface area contributed by atoms with Crippen LogP contribution in [0, 0.1) is 6.92 Å². The third-order valence-electron chi connectivity index (χ3n) is 3.93. The smallest absolute Gasteiger partial charge is 0.230 e. The lowest BCUT2D eigenvalue weighted by atomic mass is 9.82. The van der Waals surface area contributed by atoms with Gasteiger partial charge in [0, 0.05) is 25.6 Å². The highest BCUT2D eigenvalue weighted by molar-refractivity contribution is 5.49. The maximum atomic E-state index is 5.53. The summed E-state index contributed by atoms with van der Waals surface area (Å²) in [7, 11) is 4.02. The first-order valence-corrected chi connectivity index (χ1v) is 6.89. The van der Waals surface area contributed by atoms with Crippen LogP contribution in [0.2, 0.25) is 0 Å². The van der Waals surface area contributed by atoms with Gasteiger partial charge in [0.2, 0.25) is 5.88 Å². The highest BCUT2D eigenvalue weighted by Crippen LogP contribution is 2.39. The van der Waals surface area contributed by atoms with E-state index in [9.17, 15) is 0 Å². The quantitative estimate of drug-likeness (QED) is 0.823. The first kappa shape index (κ1) is 12.3. The van der Waals surface area contributed by atoms with Gasteiger partial charge in [0.25, 0.3) is 0 Å². The van der Waals surface area contributed by atoms with E-state index in [2.05, 4.69) is 36.3 Å². The SMILES string of the molecule is Cc1ccc(C2CCCc3c2noc3N(C)C)cc1. The van der Waals surface area contributed by atoms with Gasteiger partial charge < -0.3 is 9.42 Å². The summed E-state index contributed by atoms with van der Waals surface area (Å²) in [5.41, 5.74) is 5.08. The summed E-state index contributed by atoms with van der Waals surface area (Å²) in [5, 5.41) is 4.34. The Hall–Kier alpha value is -1.77. The van der Waals surface area contributed by atoms with Crippen LogP contribution in [-0.4, -0.2) is 19.3 Å². The lowest BCUT2D eigenvalue weighted by Crippen LogP contribution is -2.14. The molecule has 1 unspecified atom stereocenters. The maximum absolute atomic E-state index is 5.53. The van der Waals surface area contributed by atoms with Crippen LogP contribution < -0.4 is 4.90 Å². The number of hydrogen-bond acceptors (Lipinski definition) is 3. The molecule has 2 aromatic rings. The van der Waals surface area contributed by atoms with Gasteiger partial charge in [-0.05, 0) is 31.7 Å². The lowest BCUT2D eigenvalue weighted by Gasteiger charge is -2.22. The van der Waals surface area contributed by atoms with Crippen molar-refractivity contribution in [3.63, 3.8) is 0 Å². The molecule has 0 spiro atoms. The van der Waals surface area contributed by atoms with E-state index in [4.69, 9.17) is 4.52 Å². The molecule has 1 aromatic carbocycles. The number of benzene rings is 1. The summed E-state index contributed by atoms with van der Waals surface area (Å²) in [6.45, 7) is 2.12. The Kier molecular flexibility index (Phi) is 3.05. The van der Waals surface area contributed by atoms with Crippen molar-refractivity contribution < 1.29 is 4.52 Å². The molecule has 1 aliphatic rings. The molecule has 1 atom stereocenters. The Morgan fingerprint density at radius 2 is 1.95 bits per heavy atom. The van der Waals surface area contributed by atoms with Crippen LogP contribution in [-0.2, 0) is 6.42 Å². The molecule has 3 heteroatoms. The van der Waals surface area contributed by atoms with Gasteiger partial charge in [-0.2, -0.15) is 0 Å². The lowest BCUT2D eigenvalue weighted by molar-refractivity contribution is 0.411. The van der Waals surface area contributed by atoms with Gasteiger partial charge in [-0.1, -0.05) is 35.0 Å². The van der Waals surface area contributed by atoms with Gasteiger partial charge in [-0.25, -0.2) is 0 Å². The molecule has 3 nitrogen and oxygen atoms in total. The van der Waals surface area contributed by atoms with E-state index in [1.807, 2.05) is 19.0 Å². The number of hydrogen-bond donors (Lipinski definition) is 0. The molecule has 1 aliphatic carbocycles. The predicted molar refractivity (Wildman–Crippen MR) is 76.8 cm³/mol. The monoisotopic (exact) mass is 256 g/mol. The summed E-state index contributed by atoms with van der Waals surface area (Å²) in [6.07, 6.45) is 3.44. The maximum Gasteiger partial charge on any atom is 0.230 e. The molecule has 1 aromatic heterocycles. The number of rotatable bonds is 2. The van der Waals surface area contributed by atoms with E-state index in [-0.39, 0.29) is 0 Å². The minimum Gasteiger partial charge on any atom is -0.347 e. The largest absolute Gasteiger partial charge is 0.347 e. The normalized spacial score (nSPS) is 18.2. The van der Waals surface area contributed by atoms with Gasteiger partial charge in [0.05, 0.1) is 5.69 Å². The van der Waals surface area contributed by atoms with E-state index in [1.165, 1.54) is 23.1 Å². The highest BCUT2D eigenvalue weighted by Gasteiger charge is 2.29. The van der Waals surface area contributed by atoms with Crippen LogP contribution in [0.4, 0.5) is 5.88 Å². The molecular weight excluding hydrogens is 236 g/mol. The molecule has 0 N–H and O–H groups in total. The second-order valence-electron chi connectivity index (χ2n) is 5.60. The molecule has 0 fully saturated rings. The molecule has 3 rings (SSSR count). The molecule has 0 saturated carbocycles. The fourth-order valence-corrected chi connectivity index (χ4v) is 2.92. The number of aromatic nitrogens is 1. The van der Waals surface area contributed by atoms with Crippen molar-refractivity contribution in [3.05, 3.63) is 46.6 Å². The summed E-state index contributed by atoms with van der Waals surface area (Å²) in [5.74, 6) is 1.31. The Balaban J connectivity index is 2.01. The first-order chi connectivity index (χ1) is 9.16. The Morgan fingerprint density at radius 1 is 1.21 bits per heavy atom. The number of aryl methyl sites for hydroxylation is 1. The van der Waals surface area contributed by atoms with Crippen LogP contribution in [0.3, 0.4) is 0 Å². The van der Waals surface area contributed by atoms with Gasteiger partial charge in [-0.3, -0.25) is 0 Å². The van der Waals surface area contributed by atoms with Crippen molar-refractivity contribution in [1.29, 1.82) is 0 Å². The topological polar surface area (TPSA) is 29.3 Å². The average Bonchev–Trinajstić information content (AvgIpc) is 2.83. The molecule has 0 radical (unpaired) electrons. The van der Waals surface area contributed by atoms with Crippen molar-refractivity contribution >= 4 is 5.88 Å². The van der Waals surface area contributed by atoms with Crippen molar-refractivity contribution in [2.24, 2.45) is 0 Å². The van der Waals surface area contributed by atoms with E-state index in [1.54, 1.807) is 0 Å². The second kappa shape index (κ2) is 4.72. The van der Waals surface area contributed by atoms with Gasteiger partial charge in [0.1, 0.15) is 0 Å². The fourth-order valence-electron chi connectivity index (χ4n) is 2.92. The first-order valence-electron chi connectivity index (χ1n) is 6.89. The third-order valence-corrected chi connectivity index (χ3v) is 3.93. The van der Waals surface area contributed by atoms with Gasteiger partial charge >= 0.3 is 0 Å². The van der Waals surface area contributed by atoms with E-state index in [0.29, 0.717) is 5.92 Å². The summed E-state index contributed by atoms with van der Waals surface area (Å²) in [6, 6.07) is 8.80. The molecular formula is C16H20N2O. The van der Waals surface area contributed by atoms with Gasteiger partial charge in [-0.15, -0.1) is 0 Å². The predicted octanol–water partition coefficient (Wildman–Crippen LogP) is 3.52. The Labute approximate surface area is 114 Å². The van der Waals surface area contributed by atoms with Crippen LogP contribution in [0.5, 0.6) is 0 Å². The summed E-state index contributed by atoms with van der Waals surface area (Å²) >= 11 is 0. The molecule has 0 bridgehead atoms. The van der Waals surface area contributed by atoms with Crippen molar-refractivity contribution in [1.82, 2.24) is 5.16 Å². The minimum absolute atomic E-state index is 0.391. The van der Waals surface area contributed by atoms with Crippen LogP contribution in [0.1, 0.15) is 41.1 Å². The Bertz CT molecular complexity index is 569. The summed E-state index contributed by atoms with van der Waals surface area (Å²) < 4.78 is 5.53. The van der Waals surface area contributed by atoms with E-state index >= 15 is 0 Å². The zero-order valence-electron chi connectivity index (χ0n) is 11.8. The molecule has 1 heterocycles. The summed E-state index contributed by atoms with van der Waals surface area (Å²) in [4.78, 5) is 2.02. The van der Waals surface area contributed by atoms with Crippen LogP contribution in [0.15, 0.2) is 28.8 Å². The molecule has 100 valence electrons. The van der Waals surface area contributed by atoms with E-state index < -0.39 is 0 Å². The van der Waals surface area contributed by atoms with Crippen LogP contribution in [0.25, 0.3) is 0 Å². The number of nitrogens with zero attached hydrogens (tertiary/aromatic N) is 2. The van der Waals surface area contributed by atoms with Crippen molar-refractivity contribution in [2.45, 2.75) is 32.1 Å². The zero-order chi connectivity index (χ0) is 13.4. The minimum atomic E-state index is 0.391. The zero-order valence-corrected chi connectivity index (χ0v) is 11.8. The number of fused-ring (bicyclic) bond motifs is 1. The fraction of sp³-hybridized carbons (Fsp3) is 0.438. The molecule has 0 saturated heterocycles. The molecule has 0 aliphatic heterocycles. The van der Waals surface area contributed by atoms with E-state index in [0.717, 1.165) is 24.4 Å². The molecule has 19 heavy (non-hydrogen) atoms. The van der Waals surface area contributed by atoms with Gasteiger partial charge in [0.15, 0.2) is 0 Å². The standard InChI is InChI=1S/C16H20N2O/c1-11-7-9-12(10-8-11)13-5-4-6-14-15(13)17-19-16(14)18(2)3/h7-10,13H,4-6H2,1-3H3. The van der Waals surface area contributed by atoms with Crippen LogP contribution >= 0.6 is 0 Å². The Morgan fingerprint density at radius 3 is 2.63 bits per heavy atom. The van der Waals surface area contributed by atoms with Crippen molar-refractivity contribution in [2.75, 3.05) is 19.0 Å². The molecule has 0 amide bonds. The third kappa shape index (κ3) is 2.14. The average molecular weight is 256 g/mol. The second-order valence-corrected chi connectivity index (χ2v) is 5.60. The van der Waals surface area contributed by atoms with Crippen molar-refractivity contribution in [3.8, 4) is 0 Å². The number of anilines is 1.